The number of hydrogen-bond acceptors (Lipinski definition) is 4. The van der Waals surface area contributed by atoms with E-state index < -0.39 is 6.10 Å². The predicted octanol–water partition coefficient (Wildman–Crippen LogP) is 2.02. The lowest BCUT2D eigenvalue weighted by Gasteiger charge is -2.33. The molecule has 1 saturated heterocycles. The molecular formula is C18H22N2O4. The van der Waals surface area contributed by atoms with Gasteiger partial charge < -0.3 is 9.64 Å². The third-order valence-electron chi connectivity index (χ3n) is 4.56. The number of ether oxygens (including phenoxy) is 1. The van der Waals surface area contributed by atoms with Crippen molar-refractivity contribution in [1.29, 1.82) is 0 Å². The highest BCUT2D eigenvalue weighted by atomic mass is 16.5. The number of fused-ring (bicyclic) bond motifs is 1. The maximum Gasteiger partial charge on any atom is 0.268 e. The van der Waals surface area contributed by atoms with Crippen molar-refractivity contribution >= 4 is 23.3 Å². The van der Waals surface area contributed by atoms with Crippen LogP contribution < -0.4 is 9.64 Å². The lowest BCUT2D eigenvalue weighted by Crippen LogP contribution is -2.49. The zero-order chi connectivity index (χ0) is 17.3. The van der Waals surface area contributed by atoms with E-state index in [0.29, 0.717) is 23.4 Å². The number of hydrogen-bond donors (Lipinski definition) is 0. The fourth-order valence-electron chi connectivity index (χ4n) is 3.15. The minimum absolute atomic E-state index is 0.00492. The summed E-state index contributed by atoms with van der Waals surface area (Å²) < 4.78 is 5.62. The molecule has 6 nitrogen and oxygen atoms in total. The smallest absolute Gasteiger partial charge is 0.268 e. The van der Waals surface area contributed by atoms with Crippen LogP contribution in [0.2, 0.25) is 0 Å². The Kier molecular flexibility index (Phi) is 4.55. The lowest BCUT2D eigenvalue weighted by molar-refractivity contribution is -0.132. The molecule has 0 aromatic heterocycles. The largest absolute Gasteiger partial charge is 0.479 e. The number of carbonyl (C=O) groups excluding carboxylic acids is 3. The van der Waals surface area contributed by atoms with Gasteiger partial charge in [-0.3, -0.25) is 19.3 Å². The number of carbonyl (C=O) groups is 3. The Balaban J connectivity index is 1.91. The SMILES string of the molecule is CCC(=O)c1ccc2c(c1)N(CC(=O)N1CCCC1)C(=O)C(C)O2. The van der Waals surface area contributed by atoms with E-state index in [4.69, 9.17) is 4.74 Å². The van der Waals surface area contributed by atoms with Crippen LogP contribution in [0.25, 0.3) is 0 Å². The van der Waals surface area contributed by atoms with E-state index in [-0.39, 0.29) is 24.1 Å². The number of Topliss-reactive ketones (excluding diaryl/α,β-unsaturated/α-hetero) is 1. The van der Waals surface area contributed by atoms with Crippen LogP contribution in [-0.2, 0) is 9.59 Å². The van der Waals surface area contributed by atoms with E-state index in [1.165, 1.54) is 4.90 Å². The van der Waals surface area contributed by atoms with E-state index in [1.807, 2.05) is 0 Å². The van der Waals surface area contributed by atoms with Crippen molar-refractivity contribution in [2.75, 3.05) is 24.5 Å². The van der Waals surface area contributed by atoms with E-state index in [2.05, 4.69) is 0 Å². The summed E-state index contributed by atoms with van der Waals surface area (Å²) in [6.45, 7) is 4.94. The summed E-state index contributed by atoms with van der Waals surface area (Å²) in [5.74, 6) is 0.211. The Bertz CT molecular complexity index is 680. The molecule has 1 unspecified atom stereocenters. The van der Waals surface area contributed by atoms with Crippen molar-refractivity contribution in [3.05, 3.63) is 23.8 Å². The molecule has 0 spiro atoms. The summed E-state index contributed by atoms with van der Waals surface area (Å²) in [4.78, 5) is 40.2. The molecule has 0 bridgehead atoms. The zero-order valence-corrected chi connectivity index (χ0v) is 14.1. The summed E-state index contributed by atoms with van der Waals surface area (Å²) in [6.07, 6.45) is 1.75. The Morgan fingerprint density at radius 3 is 2.62 bits per heavy atom. The average molecular weight is 330 g/mol. The molecule has 0 radical (unpaired) electrons. The molecular weight excluding hydrogens is 308 g/mol. The molecule has 0 N–H and O–H groups in total. The quantitative estimate of drug-likeness (QED) is 0.792. The monoisotopic (exact) mass is 330 g/mol. The minimum atomic E-state index is -0.642. The second-order valence-electron chi connectivity index (χ2n) is 6.23. The number of likely N-dealkylation sites (tertiary alicyclic amines) is 1. The number of amides is 2. The first-order valence-electron chi connectivity index (χ1n) is 8.44. The van der Waals surface area contributed by atoms with Gasteiger partial charge >= 0.3 is 0 Å². The van der Waals surface area contributed by atoms with Crippen molar-refractivity contribution < 1.29 is 19.1 Å². The van der Waals surface area contributed by atoms with Crippen molar-refractivity contribution in [2.45, 2.75) is 39.2 Å². The highest BCUT2D eigenvalue weighted by Crippen LogP contribution is 2.35. The van der Waals surface area contributed by atoms with E-state index in [9.17, 15) is 14.4 Å². The van der Waals surface area contributed by atoms with E-state index in [0.717, 1.165) is 25.9 Å². The van der Waals surface area contributed by atoms with Gasteiger partial charge in [0.15, 0.2) is 11.9 Å². The summed E-state index contributed by atoms with van der Waals surface area (Å²) in [5, 5.41) is 0. The average Bonchev–Trinajstić information content (AvgIpc) is 3.12. The van der Waals surface area contributed by atoms with Gasteiger partial charge in [0, 0.05) is 25.1 Å². The molecule has 1 aromatic carbocycles. The van der Waals surface area contributed by atoms with Crippen LogP contribution in [0, 0.1) is 0 Å². The molecule has 1 aromatic rings. The van der Waals surface area contributed by atoms with Gasteiger partial charge in [-0.25, -0.2) is 0 Å². The summed E-state index contributed by atoms with van der Waals surface area (Å²) in [6, 6.07) is 5.06. The molecule has 1 atom stereocenters. The van der Waals surface area contributed by atoms with Crippen LogP contribution in [0.15, 0.2) is 18.2 Å². The standard InChI is InChI=1S/C18H22N2O4/c1-3-15(21)13-6-7-16-14(10-13)20(18(23)12(2)24-16)11-17(22)19-8-4-5-9-19/h6-7,10,12H,3-5,8-9,11H2,1-2H3. The number of anilines is 1. The summed E-state index contributed by atoms with van der Waals surface area (Å²) in [7, 11) is 0. The predicted molar refractivity (Wildman–Crippen MR) is 89.3 cm³/mol. The van der Waals surface area contributed by atoms with Gasteiger partial charge in [0.25, 0.3) is 5.91 Å². The van der Waals surface area contributed by atoms with Crippen LogP contribution >= 0.6 is 0 Å². The van der Waals surface area contributed by atoms with Crippen LogP contribution in [0.1, 0.15) is 43.5 Å². The Morgan fingerprint density at radius 1 is 1.25 bits per heavy atom. The van der Waals surface area contributed by atoms with Crippen LogP contribution in [-0.4, -0.2) is 48.2 Å². The van der Waals surface area contributed by atoms with Crippen molar-refractivity contribution in [2.24, 2.45) is 0 Å². The normalized spacial score (nSPS) is 19.9. The summed E-state index contributed by atoms with van der Waals surface area (Å²) in [5.41, 5.74) is 1.03. The van der Waals surface area contributed by atoms with Gasteiger partial charge in [0.2, 0.25) is 5.91 Å². The van der Waals surface area contributed by atoms with Crippen LogP contribution in [0.3, 0.4) is 0 Å². The molecule has 3 rings (SSSR count). The molecule has 24 heavy (non-hydrogen) atoms. The zero-order valence-electron chi connectivity index (χ0n) is 14.1. The molecule has 1 fully saturated rings. The third kappa shape index (κ3) is 3.00. The first-order chi connectivity index (χ1) is 11.5. The fourth-order valence-corrected chi connectivity index (χ4v) is 3.15. The molecule has 2 aliphatic rings. The second kappa shape index (κ2) is 6.63. The van der Waals surface area contributed by atoms with Gasteiger partial charge in [-0.2, -0.15) is 0 Å². The number of ketones is 1. The molecule has 2 amide bonds. The van der Waals surface area contributed by atoms with Gasteiger partial charge in [-0.15, -0.1) is 0 Å². The Morgan fingerprint density at radius 2 is 1.96 bits per heavy atom. The Labute approximate surface area is 141 Å². The third-order valence-corrected chi connectivity index (χ3v) is 4.56. The van der Waals surface area contributed by atoms with Gasteiger partial charge in [-0.1, -0.05) is 6.92 Å². The Hall–Kier alpha value is -2.37. The minimum Gasteiger partial charge on any atom is -0.479 e. The van der Waals surface area contributed by atoms with Crippen LogP contribution in [0.5, 0.6) is 5.75 Å². The molecule has 2 heterocycles. The van der Waals surface area contributed by atoms with Crippen LogP contribution in [0.4, 0.5) is 5.69 Å². The maximum absolute atomic E-state index is 12.5. The molecule has 2 aliphatic heterocycles. The van der Waals surface area contributed by atoms with Gasteiger partial charge in [-0.05, 0) is 38.0 Å². The number of rotatable bonds is 4. The first-order valence-corrected chi connectivity index (χ1v) is 8.44. The van der Waals surface area contributed by atoms with Gasteiger partial charge in [0.1, 0.15) is 12.3 Å². The van der Waals surface area contributed by atoms with Gasteiger partial charge in [0.05, 0.1) is 5.69 Å². The maximum atomic E-state index is 12.5. The molecule has 128 valence electrons. The topological polar surface area (TPSA) is 66.9 Å². The highest BCUT2D eigenvalue weighted by molar-refractivity contribution is 6.05. The number of benzene rings is 1. The highest BCUT2D eigenvalue weighted by Gasteiger charge is 2.34. The molecule has 6 heteroatoms. The fraction of sp³-hybridized carbons (Fsp3) is 0.500. The molecule has 0 saturated carbocycles. The van der Waals surface area contributed by atoms with Crippen molar-refractivity contribution in [3.8, 4) is 5.75 Å². The first kappa shape index (κ1) is 16.5. The van der Waals surface area contributed by atoms with E-state index in [1.54, 1.807) is 36.9 Å². The number of nitrogens with zero attached hydrogens (tertiary/aromatic N) is 2. The summed E-state index contributed by atoms with van der Waals surface area (Å²) >= 11 is 0. The van der Waals surface area contributed by atoms with E-state index >= 15 is 0 Å². The second-order valence-corrected chi connectivity index (χ2v) is 6.23. The van der Waals surface area contributed by atoms with Crippen molar-refractivity contribution in [3.63, 3.8) is 0 Å². The van der Waals surface area contributed by atoms with Crippen molar-refractivity contribution in [1.82, 2.24) is 4.90 Å². The molecule has 0 aliphatic carbocycles. The lowest BCUT2D eigenvalue weighted by atomic mass is 10.1.